The molecule has 0 bridgehead atoms. The number of nitrogens with zero attached hydrogens (tertiary/aromatic N) is 4. The minimum atomic E-state index is 0.0365. The Bertz CT molecular complexity index is 752. The van der Waals surface area contributed by atoms with Crippen molar-refractivity contribution in [1.29, 1.82) is 0 Å². The lowest BCUT2D eigenvalue weighted by Gasteiger charge is -2.34. The van der Waals surface area contributed by atoms with Crippen LogP contribution in [0.5, 0.6) is 0 Å². The molecule has 1 saturated heterocycles. The molecule has 1 aliphatic heterocycles. The van der Waals surface area contributed by atoms with Gasteiger partial charge >= 0.3 is 0 Å². The van der Waals surface area contributed by atoms with Crippen molar-refractivity contribution in [3.8, 4) is 11.5 Å². The first kappa shape index (κ1) is 17.4. The Hall–Kier alpha value is -2.41. The normalized spacial score (nSPS) is 14.6. The fraction of sp³-hybridized carbons (Fsp3) is 0.412. The van der Waals surface area contributed by atoms with Gasteiger partial charge in [0.25, 0.3) is 0 Å². The molecule has 3 rings (SSSR count). The summed E-state index contributed by atoms with van der Waals surface area (Å²) >= 11 is 5.86. The number of halogens is 1. The number of benzene rings is 1. The van der Waals surface area contributed by atoms with Crippen LogP contribution in [0.4, 0.5) is 0 Å². The van der Waals surface area contributed by atoms with E-state index in [-0.39, 0.29) is 11.8 Å². The lowest BCUT2D eigenvalue weighted by Crippen LogP contribution is -2.50. The van der Waals surface area contributed by atoms with Crippen molar-refractivity contribution in [2.75, 3.05) is 26.2 Å². The summed E-state index contributed by atoms with van der Waals surface area (Å²) in [6.07, 6.45) is 0.703. The summed E-state index contributed by atoms with van der Waals surface area (Å²) in [6.45, 7) is 3.85. The maximum atomic E-state index is 12.3. The van der Waals surface area contributed by atoms with Gasteiger partial charge in [0.05, 0.1) is 0 Å². The van der Waals surface area contributed by atoms with Gasteiger partial charge in [-0.05, 0) is 24.3 Å². The summed E-state index contributed by atoms with van der Waals surface area (Å²) in [7, 11) is 0. The van der Waals surface area contributed by atoms with Gasteiger partial charge in [0.2, 0.25) is 23.6 Å². The molecule has 8 heteroatoms. The van der Waals surface area contributed by atoms with Crippen LogP contribution in [0.3, 0.4) is 0 Å². The molecular formula is C17H19ClN4O3. The predicted octanol–water partition coefficient (Wildman–Crippen LogP) is 2.01. The standard InChI is InChI=1S/C17H19ClN4O3/c1-12(23)21-8-10-22(11-9-21)16(24)7-6-15-19-20-17(25-15)13-2-4-14(18)5-3-13/h2-5H,6-11H2,1H3. The fourth-order valence-electron chi connectivity index (χ4n) is 2.71. The van der Waals surface area contributed by atoms with E-state index in [1.54, 1.807) is 41.0 Å². The van der Waals surface area contributed by atoms with Gasteiger partial charge in [-0.15, -0.1) is 10.2 Å². The Morgan fingerprint density at radius 3 is 2.36 bits per heavy atom. The highest BCUT2D eigenvalue weighted by atomic mass is 35.5. The second-order valence-corrected chi connectivity index (χ2v) is 6.33. The average Bonchev–Trinajstić information content (AvgIpc) is 3.09. The van der Waals surface area contributed by atoms with Gasteiger partial charge in [0.1, 0.15) is 0 Å². The van der Waals surface area contributed by atoms with Gasteiger partial charge in [0.15, 0.2) is 0 Å². The van der Waals surface area contributed by atoms with Crippen LogP contribution < -0.4 is 0 Å². The molecule has 132 valence electrons. The van der Waals surface area contributed by atoms with E-state index in [1.165, 1.54) is 0 Å². The van der Waals surface area contributed by atoms with Gasteiger partial charge in [0, 0.05) is 56.5 Å². The van der Waals surface area contributed by atoms with E-state index >= 15 is 0 Å². The lowest BCUT2D eigenvalue weighted by atomic mass is 10.2. The highest BCUT2D eigenvalue weighted by Gasteiger charge is 2.22. The van der Waals surface area contributed by atoms with Crippen LogP contribution in [-0.2, 0) is 16.0 Å². The van der Waals surface area contributed by atoms with E-state index in [9.17, 15) is 9.59 Å². The minimum absolute atomic E-state index is 0.0365. The van der Waals surface area contributed by atoms with Gasteiger partial charge in [-0.3, -0.25) is 9.59 Å². The molecule has 7 nitrogen and oxygen atoms in total. The molecule has 0 atom stereocenters. The molecule has 1 fully saturated rings. The predicted molar refractivity (Wildman–Crippen MR) is 91.9 cm³/mol. The zero-order valence-electron chi connectivity index (χ0n) is 13.9. The molecule has 0 unspecified atom stereocenters. The number of aryl methyl sites for hydroxylation is 1. The number of amides is 2. The molecule has 1 aliphatic rings. The van der Waals surface area contributed by atoms with Crippen LogP contribution in [0, 0.1) is 0 Å². The molecule has 2 heterocycles. The maximum absolute atomic E-state index is 12.3. The van der Waals surface area contributed by atoms with E-state index in [0.717, 1.165) is 5.56 Å². The quantitative estimate of drug-likeness (QED) is 0.831. The van der Waals surface area contributed by atoms with Crippen molar-refractivity contribution < 1.29 is 14.0 Å². The van der Waals surface area contributed by atoms with Crippen molar-refractivity contribution >= 4 is 23.4 Å². The van der Waals surface area contributed by atoms with E-state index < -0.39 is 0 Å². The molecule has 0 N–H and O–H groups in total. The summed E-state index contributed by atoms with van der Waals surface area (Å²) in [4.78, 5) is 27.1. The monoisotopic (exact) mass is 362 g/mol. The number of hydrogen-bond donors (Lipinski definition) is 0. The smallest absolute Gasteiger partial charge is 0.247 e. The summed E-state index contributed by atoms with van der Waals surface area (Å²) < 4.78 is 5.61. The number of carbonyl (C=O) groups excluding carboxylic acids is 2. The lowest BCUT2D eigenvalue weighted by molar-refractivity contribution is -0.138. The number of piperazine rings is 1. The molecule has 0 radical (unpaired) electrons. The highest BCUT2D eigenvalue weighted by molar-refractivity contribution is 6.30. The summed E-state index contributed by atoms with van der Waals surface area (Å²) in [6, 6.07) is 7.12. The molecule has 2 amide bonds. The Labute approximate surface area is 150 Å². The molecule has 1 aromatic heterocycles. The van der Waals surface area contributed by atoms with Crippen molar-refractivity contribution in [2.24, 2.45) is 0 Å². The van der Waals surface area contributed by atoms with Crippen molar-refractivity contribution in [3.63, 3.8) is 0 Å². The second kappa shape index (κ2) is 7.65. The molecule has 1 aromatic carbocycles. The van der Waals surface area contributed by atoms with Crippen LogP contribution in [0.15, 0.2) is 28.7 Å². The van der Waals surface area contributed by atoms with E-state index in [2.05, 4.69) is 10.2 Å². The van der Waals surface area contributed by atoms with Gasteiger partial charge in [-0.25, -0.2) is 0 Å². The van der Waals surface area contributed by atoms with Crippen LogP contribution >= 0.6 is 11.6 Å². The van der Waals surface area contributed by atoms with Gasteiger partial charge in [-0.1, -0.05) is 11.6 Å². The van der Waals surface area contributed by atoms with E-state index in [1.807, 2.05) is 0 Å². The minimum Gasteiger partial charge on any atom is -0.421 e. The fourth-order valence-corrected chi connectivity index (χ4v) is 2.83. The summed E-state index contributed by atoms with van der Waals surface area (Å²) in [5.41, 5.74) is 0.787. The third-order valence-electron chi connectivity index (χ3n) is 4.19. The second-order valence-electron chi connectivity index (χ2n) is 5.89. The third-order valence-corrected chi connectivity index (χ3v) is 4.44. The zero-order chi connectivity index (χ0) is 17.8. The van der Waals surface area contributed by atoms with Crippen LogP contribution in [-0.4, -0.2) is 58.0 Å². The SMILES string of the molecule is CC(=O)N1CCN(C(=O)CCc2nnc(-c3ccc(Cl)cc3)o2)CC1. The van der Waals surface area contributed by atoms with E-state index in [0.29, 0.717) is 55.8 Å². The third kappa shape index (κ3) is 4.36. The Kier molecular flexibility index (Phi) is 5.33. The van der Waals surface area contributed by atoms with Crippen LogP contribution in [0.25, 0.3) is 11.5 Å². The molecule has 25 heavy (non-hydrogen) atoms. The van der Waals surface area contributed by atoms with Crippen molar-refractivity contribution in [1.82, 2.24) is 20.0 Å². The van der Waals surface area contributed by atoms with Crippen LogP contribution in [0.1, 0.15) is 19.2 Å². The Balaban J connectivity index is 1.51. The largest absolute Gasteiger partial charge is 0.421 e. The average molecular weight is 363 g/mol. The Morgan fingerprint density at radius 2 is 1.72 bits per heavy atom. The van der Waals surface area contributed by atoms with E-state index in [4.69, 9.17) is 16.0 Å². The van der Waals surface area contributed by atoms with Gasteiger partial charge < -0.3 is 14.2 Å². The Morgan fingerprint density at radius 1 is 1.08 bits per heavy atom. The van der Waals surface area contributed by atoms with Crippen LogP contribution in [0.2, 0.25) is 5.02 Å². The first-order chi connectivity index (χ1) is 12.0. The van der Waals surface area contributed by atoms with Crippen molar-refractivity contribution in [3.05, 3.63) is 35.2 Å². The molecule has 0 spiro atoms. The first-order valence-electron chi connectivity index (χ1n) is 8.14. The van der Waals surface area contributed by atoms with Gasteiger partial charge in [-0.2, -0.15) is 0 Å². The molecule has 0 aliphatic carbocycles. The summed E-state index contributed by atoms with van der Waals surface area (Å²) in [5.74, 6) is 0.928. The van der Waals surface area contributed by atoms with Crippen molar-refractivity contribution in [2.45, 2.75) is 19.8 Å². The summed E-state index contributed by atoms with van der Waals surface area (Å²) in [5, 5.41) is 8.64. The number of hydrogen-bond acceptors (Lipinski definition) is 5. The highest BCUT2D eigenvalue weighted by Crippen LogP contribution is 2.20. The number of carbonyl (C=O) groups is 2. The topological polar surface area (TPSA) is 79.5 Å². The first-order valence-corrected chi connectivity index (χ1v) is 8.52. The molecular weight excluding hydrogens is 344 g/mol. The number of rotatable bonds is 4. The zero-order valence-corrected chi connectivity index (χ0v) is 14.7. The number of aromatic nitrogens is 2. The molecule has 0 saturated carbocycles. The maximum Gasteiger partial charge on any atom is 0.247 e. The molecule has 2 aromatic rings.